The third-order valence-corrected chi connectivity index (χ3v) is 15.2. The lowest BCUT2D eigenvalue weighted by Crippen LogP contribution is -2.25. The Balaban J connectivity index is 1.05. The highest BCUT2D eigenvalue weighted by atomic mass is 15.1. The number of anilines is 3. The van der Waals surface area contributed by atoms with Crippen LogP contribution < -0.4 is 4.90 Å². The zero-order valence-electron chi connectivity index (χ0n) is 36.8. The fraction of sp³-hybridized carbons (Fsp3) is 0.0625. The van der Waals surface area contributed by atoms with Gasteiger partial charge in [-0.25, -0.2) is 0 Å². The van der Waals surface area contributed by atoms with Gasteiger partial charge in [-0.1, -0.05) is 196 Å². The minimum absolute atomic E-state index is 0.118. The SMILES string of the molecule is CC1(C)c2ccccc2-c2c(-c3ccccc3N(c3ccc4c(c3)-c3ccccc3C43c4ccccc4-c4ccccc43)c3ccc4c5ccccc5n(-c5ccccc5)c4c3)cccc21. The van der Waals surface area contributed by atoms with E-state index in [0.29, 0.717) is 0 Å². The summed E-state index contributed by atoms with van der Waals surface area (Å²) in [5.41, 5.74) is 24.7. The standard InChI is InChI=1S/C64H44N2/c1-63(2)53-28-12-9-26-51(53)62-50(27-18-32-58(62)63)48-25-11-16-33-59(48)65(43-35-37-49-47-24-10-17-34-60(47)66(61(49)40-43)41-19-4-3-5-20-41)42-36-38-57-52(39-42)46-23-8-15-31-56(46)64(57)54-29-13-6-21-44(54)45-22-7-14-30-55(45)64/h3-40H,1-2H3. The van der Waals surface area contributed by atoms with Crippen molar-refractivity contribution in [3.8, 4) is 50.2 Å². The van der Waals surface area contributed by atoms with Gasteiger partial charge in [-0.2, -0.15) is 0 Å². The Bertz CT molecular complexity index is 3760. The number of hydrogen-bond donors (Lipinski definition) is 0. The Hall–Kier alpha value is -8.20. The Morgan fingerprint density at radius 1 is 0.333 bits per heavy atom. The van der Waals surface area contributed by atoms with Crippen LogP contribution in [0.2, 0.25) is 0 Å². The van der Waals surface area contributed by atoms with Gasteiger partial charge in [0.1, 0.15) is 0 Å². The van der Waals surface area contributed by atoms with Crippen molar-refractivity contribution in [2.75, 3.05) is 4.90 Å². The van der Waals surface area contributed by atoms with E-state index in [1.165, 1.54) is 99.7 Å². The van der Waals surface area contributed by atoms with E-state index < -0.39 is 5.41 Å². The topological polar surface area (TPSA) is 8.17 Å². The molecule has 0 radical (unpaired) electrons. The van der Waals surface area contributed by atoms with Gasteiger partial charge in [0.15, 0.2) is 0 Å². The number of fused-ring (bicyclic) bond motifs is 16. The number of para-hydroxylation sites is 3. The van der Waals surface area contributed by atoms with E-state index in [2.05, 4.69) is 254 Å². The summed E-state index contributed by atoms with van der Waals surface area (Å²) in [7, 11) is 0. The molecule has 1 spiro atoms. The maximum atomic E-state index is 2.53. The number of nitrogens with zero attached hydrogens (tertiary/aromatic N) is 2. The molecule has 0 amide bonds. The van der Waals surface area contributed by atoms with Gasteiger partial charge in [-0.05, 0) is 121 Å². The lowest BCUT2D eigenvalue weighted by Gasteiger charge is -2.32. The van der Waals surface area contributed by atoms with Gasteiger partial charge in [0.25, 0.3) is 0 Å². The molecule has 0 saturated heterocycles. The summed E-state index contributed by atoms with van der Waals surface area (Å²) >= 11 is 0. The van der Waals surface area contributed by atoms with Gasteiger partial charge in [0.2, 0.25) is 0 Å². The van der Waals surface area contributed by atoms with Gasteiger partial charge >= 0.3 is 0 Å². The summed E-state index contributed by atoms with van der Waals surface area (Å²) in [5, 5.41) is 2.47. The molecule has 66 heavy (non-hydrogen) atoms. The van der Waals surface area contributed by atoms with Gasteiger partial charge in [-0.3, -0.25) is 0 Å². The molecule has 310 valence electrons. The van der Waals surface area contributed by atoms with Crippen molar-refractivity contribution in [3.63, 3.8) is 0 Å². The molecule has 3 aliphatic carbocycles. The first-order valence-electron chi connectivity index (χ1n) is 23.2. The van der Waals surface area contributed by atoms with Crippen LogP contribution in [-0.4, -0.2) is 4.57 Å². The van der Waals surface area contributed by atoms with Crippen LogP contribution >= 0.6 is 0 Å². The van der Waals surface area contributed by atoms with Crippen molar-refractivity contribution in [3.05, 3.63) is 264 Å². The highest BCUT2D eigenvalue weighted by Crippen LogP contribution is 2.63. The van der Waals surface area contributed by atoms with Gasteiger partial charge in [0, 0.05) is 38.8 Å². The first-order valence-corrected chi connectivity index (χ1v) is 23.2. The highest BCUT2D eigenvalue weighted by molar-refractivity contribution is 6.11. The van der Waals surface area contributed by atoms with Gasteiger partial charge in [-0.15, -0.1) is 0 Å². The van der Waals surface area contributed by atoms with Crippen LogP contribution in [0.25, 0.3) is 72.0 Å². The van der Waals surface area contributed by atoms with Crippen LogP contribution in [0.15, 0.2) is 231 Å². The summed E-state index contributed by atoms with van der Waals surface area (Å²) in [4.78, 5) is 2.53. The summed E-state index contributed by atoms with van der Waals surface area (Å²) in [6.07, 6.45) is 0. The van der Waals surface area contributed by atoms with Gasteiger partial charge in [0.05, 0.1) is 22.1 Å². The number of aromatic nitrogens is 1. The van der Waals surface area contributed by atoms with E-state index in [1.54, 1.807) is 0 Å². The van der Waals surface area contributed by atoms with Crippen LogP contribution in [0.1, 0.15) is 47.2 Å². The monoisotopic (exact) mass is 840 g/mol. The predicted molar refractivity (Wildman–Crippen MR) is 275 cm³/mol. The molecule has 0 N–H and O–H groups in total. The number of rotatable bonds is 5. The fourth-order valence-corrected chi connectivity index (χ4v) is 12.5. The second-order valence-corrected chi connectivity index (χ2v) is 18.8. The molecule has 14 rings (SSSR count). The number of benzene rings is 10. The molecule has 0 atom stereocenters. The van der Waals surface area contributed by atoms with Crippen molar-refractivity contribution >= 4 is 38.9 Å². The molecule has 10 aromatic carbocycles. The quantitative estimate of drug-likeness (QED) is 0.168. The average molecular weight is 841 g/mol. The van der Waals surface area contributed by atoms with Crippen molar-refractivity contribution in [1.29, 1.82) is 0 Å². The minimum Gasteiger partial charge on any atom is -0.310 e. The van der Waals surface area contributed by atoms with Crippen molar-refractivity contribution in [2.24, 2.45) is 0 Å². The van der Waals surface area contributed by atoms with Crippen molar-refractivity contribution < 1.29 is 0 Å². The molecule has 11 aromatic rings. The van der Waals surface area contributed by atoms with Crippen LogP contribution in [0.4, 0.5) is 17.1 Å². The summed E-state index contributed by atoms with van der Waals surface area (Å²) in [6, 6.07) is 86.3. The van der Waals surface area contributed by atoms with Crippen molar-refractivity contribution in [2.45, 2.75) is 24.7 Å². The fourth-order valence-electron chi connectivity index (χ4n) is 12.5. The predicted octanol–water partition coefficient (Wildman–Crippen LogP) is 16.6. The van der Waals surface area contributed by atoms with Crippen molar-refractivity contribution in [1.82, 2.24) is 4.57 Å². The molecule has 2 nitrogen and oxygen atoms in total. The normalized spacial score (nSPS) is 14.2. The number of hydrogen-bond acceptors (Lipinski definition) is 1. The molecule has 3 aliphatic rings. The van der Waals surface area contributed by atoms with E-state index in [-0.39, 0.29) is 5.41 Å². The lowest BCUT2D eigenvalue weighted by molar-refractivity contribution is 0.660. The molecule has 0 fully saturated rings. The molecule has 0 aliphatic heterocycles. The van der Waals surface area contributed by atoms with Gasteiger partial charge < -0.3 is 9.47 Å². The van der Waals surface area contributed by atoms with E-state index in [1.807, 2.05) is 0 Å². The molecular weight excluding hydrogens is 797 g/mol. The zero-order valence-corrected chi connectivity index (χ0v) is 36.8. The molecule has 1 heterocycles. The largest absolute Gasteiger partial charge is 0.310 e. The summed E-state index contributed by atoms with van der Waals surface area (Å²) in [5.74, 6) is 0. The Morgan fingerprint density at radius 2 is 0.833 bits per heavy atom. The van der Waals surface area contributed by atoms with E-state index in [4.69, 9.17) is 0 Å². The van der Waals surface area contributed by atoms with E-state index in [9.17, 15) is 0 Å². The van der Waals surface area contributed by atoms with Crippen LogP contribution in [0, 0.1) is 0 Å². The molecule has 2 heteroatoms. The smallest absolute Gasteiger partial charge is 0.0725 e. The van der Waals surface area contributed by atoms with Crippen LogP contribution in [0.3, 0.4) is 0 Å². The molecule has 0 unspecified atom stereocenters. The lowest BCUT2D eigenvalue weighted by atomic mass is 9.70. The van der Waals surface area contributed by atoms with E-state index >= 15 is 0 Å². The molecule has 1 aromatic heterocycles. The van der Waals surface area contributed by atoms with Crippen LogP contribution in [-0.2, 0) is 10.8 Å². The molecular formula is C64H44N2. The third-order valence-electron chi connectivity index (χ3n) is 15.2. The minimum atomic E-state index is -0.416. The van der Waals surface area contributed by atoms with Crippen LogP contribution in [0.5, 0.6) is 0 Å². The third kappa shape index (κ3) is 4.85. The molecule has 0 bridgehead atoms. The molecule has 0 saturated carbocycles. The first-order chi connectivity index (χ1) is 32.5. The maximum absolute atomic E-state index is 2.53. The first kappa shape index (κ1) is 37.2. The second kappa shape index (κ2) is 13.7. The summed E-state index contributed by atoms with van der Waals surface area (Å²) in [6.45, 7) is 4.74. The maximum Gasteiger partial charge on any atom is 0.0725 e. The Morgan fingerprint density at radius 3 is 1.56 bits per heavy atom. The Kier molecular flexibility index (Phi) is 7.70. The second-order valence-electron chi connectivity index (χ2n) is 18.8. The zero-order chi connectivity index (χ0) is 43.7. The van der Waals surface area contributed by atoms with E-state index in [0.717, 1.165) is 22.7 Å². The highest BCUT2D eigenvalue weighted by Gasteiger charge is 2.51. The summed E-state index contributed by atoms with van der Waals surface area (Å²) < 4.78 is 2.43. The average Bonchev–Trinajstić information content (AvgIpc) is 4.04. The Labute approximate surface area is 385 Å².